The molecule has 1 saturated heterocycles. The summed E-state index contributed by atoms with van der Waals surface area (Å²) in [5.41, 5.74) is 7.09. The van der Waals surface area contributed by atoms with Crippen LogP contribution in [0.4, 0.5) is 5.69 Å². The van der Waals surface area contributed by atoms with Crippen molar-refractivity contribution in [2.45, 2.75) is 45.3 Å². The van der Waals surface area contributed by atoms with Gasteiger partial charge < -0.3 is 15.7 Å². The number of piperidine rings is 1. The summed E-state index contributed by atoms with van der Waals surface area (Å²) < 4.78 is 0. The molecule has 1 aliphatic rings. The van der Waals surface area contributed by atoms with Gasteiger partial charge in [-0.2, -0.15) is 0 Å². The van der Waals surface area contributed by atoms with Gasteiger partial charge in [-0.05, 0) is 38.3 Å². The van der Waals surface area contributed by atoms with E-state index in [0.717, 1.165) is 18.5 Å². The van der Waals surface area contributed by atoms with Crippen LogP contribution >= 0.6 is 0 Å². The number of carbonyl (C=O) groups is 1. The van der Waals surface area contributed by atoms with Crippen LogP contribution in [0.25, 0.3) is 0 Å². The molecule has 2 rings (SSSR count). The van der Waals surface area contributed by atoms with Crippen molar-refractivity contribution < 1.29 is 9.90 Å². The fraction of sp³-hybridized carbons (Fsp3) is 0.600. The summed E-state index contributed by atoms with van der Waals surface area (Å²) in [6.07, 6.45) is 3.71. The van der Waals surface area contributed by atoms with Crippen LogP contribution in [0.3, 0.4) is 0 Å². The van der Waals surface area contributed by atoms with Gasteiger partial charge in [0.1, 0.15) is 0 Å². The molecule has 0 saturated carbocycles. The average Bonchev–Trinajstić information content (AvgIpc) is 2.47. The van der Waals surface area contributed by atoms with E-state index in [1.54, 1.807) is 6.20 Å². The van der Waals surface area contributed by atoms with Crippen molar-refractivity contribution in [3.05, 3.63) is 24.0 Å². The number of aliphatic hydroxyl groups excluding tert-OH is 1. The molecule has 0 radical (unpaired) electrons. The standard InChI is InChI=1S/C15H23N3O2/c1-3-14(19)13-7-6-12(8-17-13)18-9-11(15(16)20)5-4-10(18)2/h6-8,10-11,14,19H,3-5,9H2,1-2H3,(H2,16,20)/t10?,11?,14-/m0/s1. The van der Waals surface area contributed by atoms with Crippen molar-refractivity contribution in [2.75, 3.05) is 11.4 Å². The quantitative estimate of drug-likeness (QED) is 0.876. The second kappa shape index (κ2) is 6.22. The van der Waals surface area contributed by atoms with E-state index in [0.29, 0.717) is 24.7 Å². The first-order valence-electron chi connectivity index (χ1n) is 7.22. The zero-order chi connectivity index (χ0) is 14.7. The van der Waals surface area contributed by atoms with Gasteiger partial charge in [-0.1, -0.05) is 6.92 Å². The summed E-state index contributed by atoms with van der Waals surface area (Å²) >= 11 is 0. The number of pyridine rings is 1. The predicted molar refractivity (Wildman–Crippen MR) is 78.2 cm³/mol. The molecule has 1 fully saturated rings. The molecule has 1 amide bonds. The molecule has 0 spiro atoms. The van der Waals surface area contributed by atoms with Gasteiger partial charge >= 0.3 is 0 Å². The molecule has 3 atom stereocenters. The Kier molecular flexibility index (Phi) is 4.60. The fourth-order valence-corrected chi connectivity index (χ4v) is 2.67. The smallest absolute Gasteiger partial charge is 0.222 e. The number of hydrogen-bond acceptors (Lipinski definition) is 4. The van der Waals surface area contributed by atoms with Gasteiger partial charge in [-0.3, -0.25) is 9.78 Å². The number of carbonyl (C=O) groups excluding carboxylic acids is 1. The highest BCUT2D eigenvalue weighted by Gasteiger charge is 2.28. The Bertz CT molecular complexity index is 461. The second-order valence-electron chi connectivity index (χ2n) is 5.54. The molecule has 1 aromatic rings. The highest BCUT2D eigenvalue weighted by atomic mass is 16.3. The number of nitrogens with zero attached hydrogens (tertiary/aromatic N) is 2. The Labute approximate surface area is 119 Å². The third-order valence-electron chi connectivity index (χ3n) is 4.11. The maximum atomic E-state index is 11.4. The Morgan fingerprint density at radius 1 is 1.55 bits per heavy atom. The van der Waals surface area contributed by atoms with E-state index in [1.165, 1.54) is 0 Å². The van der Waals surface area contributed by atoms with Crippen molar-refractivity contribution in [3.8, 4) is 0 Å². The molecule has 1 aromatic heterocycles. The highest BCUT2D eigenvalue weighted by Crippen LogP contribution is 2.28. The van der Waals surface area contributed by atoms with E-state index in [-0.39, 0.29) is 11.8 Å². The average molecular weight is 277 g/mol. The number of aliphatic hydroxyl groups is 1. The van der Waals surface area contributed by atoms with Crippen LogP contribution in [0.5, 0.6) is 0 Å². The van der Waals surface area contributed by atoms with Crippen molar-refractivity contribution >= 4 is 11.6 Å². The summed E-state index contributed by atoms with van der Waals surface area (Å²) in [7, 11) is 0. The summed E-state index contributed by atoms with van der Waals surface area (Å²) in [4.78, 5) is 17.9. The van der Waals surface area contributed by atoms with Gasteiger partial charge in [0, 0.05) is 12.6 Å². The van der Waals surface area contributed by atoms with E-state index >= 15 is 0 Å². The highest BCUT2D eigenvalue weighted by molar-refractivity contribution is 5.77. The third-order valence-corrected chi connectivity index (χ3v) is 4.11. The van der Waals surface area contributed by atoms with Crippen LogP contribution in [-0.4, -0.2) is 28.6 Å². The molecule has 1 aliphatic heterocycles. The molecule has 5 heteroatoms. The molecular formula is C15H23N3O2. The molecule has 20 heavy (non-hydrogen) atoms. The predicted octanol–water partition coefficient (Wildman–Crippen LogP) is 1.62. The van der Waals surface area contributed by atoms with Crippen LogP contribution in [0.2, 0.25) is 0 Å². The molecule has 0 bridgehead atoms. The van der Waals surface area contributed by atoms with Crippen molar-refractivity contribution in [1.82, 2.24) is 4.98 Å². The lowest BCUT2D eigenvalue weighted by Crippen LogP contribution is -2.45. The first kappa shape index (κ1) is 14.8. The fourth-order valence-electron chi connectivity index (χ4n) is 2.67. The van der Waals surface area contributed by atoms with E-state index in [2.05, 4.69) is 16.8 Å². The minimum atomic E-state index is -0.513. The number of rotatable bonds is 4. The SMILES string of the molecule is CC[C@H](O)c1ccc(N2CC(C(N)=O)CCC2C)cn1. The summed E-state index contributed by atoms with van der Waals surface area (Å²) in [5, 5.41) is 9.76. The summed E-state index contributed by atoms with van der Waals surface area (Å²) in [5.74, 6) is -0.319. The first-order chi connectivity index (χ1) is 9.52. The Balaban J connectivity index is 2.14. The lowest BCUT2D eigenvalue weighted by atomic mass is 9.92. The molecule has 0 aliphatic carbocycles. The maximum absolute atomic E-state index is 11.4. The van der Waals surface area contributed by atoms with Gasteiger partial charge in [-0.15, -0.1) is 0 Å². The molecule has 2 unspecified atom stereocenters. The van der Waals surface area contributed by atoms with E-state index in [4.69, 9.17) is 5.73 Å². The van der Waals surface area contributed by atoms with Crippen LogP contribution in [0, 0.1) is 5.92 Å². The van der Waals surface area contributed by atoms with Gasteiger partial charge in [-0.25, -0.2) is 0 Å². The van der Waals surface area contributed by atoms with Crippen LogP contribution < -0.4 is 10.6 Å². The minimum Gasteiger partial charge on any atom is -0.387 e. The normalized spacial score (nSPS) is 24.4. The van der Waals surface area contributed by atoms with Crippen LogP contribution in [0.1, 0.15) is 44.9 Å². The van der Waals surface area contributed by atoms with Gasteiger partial charge in [0.05, 0.1) is 29.6 Å². The van der Waals surface area contributed by atoms with E-state index < -0.39 is 6.10 Å². The largest absolute Gasteiger partial charge is 0.387 e. The molecule has 2 heterocycles. The Hall–Kier alpha value is -1.62. The zero-order valence-electron chi connectivity index (χ0n) is 12.1. The number of aromatic nitrogens is 1. The topological polar surface area (TPSA) is 79.5 Å². The maximum Gasteiger partial charge on any atom is 0.222 e. The second-order valence-corrected chi connectivity index (χ2v) is 5.54. The van der Waals surface area contributed by atoms with Gasteiger partial charge in [0.15, 0.2) is 0 Å². The Morgan fingerprint density at radius 2 is 2.30 bits per heavy atom. The Morgan fingerprint density at radius 3 is 2.85 bits per heavy atom. The number of primary amides is 1. The molecule has 0 aromatic carbocycles. The van der Waals surface area contributed by atoms with Crippen molar-refractivity contribution in [3.63, 3.8) is 0 Å². The monoisotopic (exact) mass is 277 g/mol. The van der Waals surface area contributed by atoms with Crippen molar-refractivity contribution in [1.29, 1.82) is 0 Å². The van der Waals surface area contributed by atoms with Crippen LogP contribution in [-0.2, 0) is 4.79 Å². The third kappa shape index (κ3) is 3.10. The first-order valence-corrected chi connectivity index (χ1v) is 7.22. The number of amides is 1. The lowest BCUT2D eigenvalue weighted by molar-refractivity contribution is -0.122. The zero-order valence-corrected chi connectivity index (χ0v) is 12.1. The molecule has 110 valence electrons. The van der Waals surface area contributed by atoms with Crippen molar-refractivity contribution in [2.24, 2.45) is 11.7 Å². The minimum absolute atomic E-state index is 0.0906. The molecule has 5 nitrogen and oxygen atoms in total. The number of hydrogen-bond donors (Lipinski definition) is 2. The van der Waals surface area contributed by atoms with E-state index in [9.17, 15) is 9.90 Å². The van der Waals surface area contributed by atoms with Crippen LogP contribution in [0.15, 0.2) is 18.3 Å². The summed E-state index contributed by atoms with van der Waals surface area (Å²) in [6.45, 7) is 4.71. The lowest BCUT2D eigenvalue weighted by Gasteiger charge is -2.38. The molecule has 3 N–H and O–H groups in total. The molecular weight excluding hydrogens is 254 g/mol. The number of anilines is 1. The van der Waals surface area contributed by atoms with E-state index in [1.807, 2.05) is 19.1 Å². The summed E-state index contributed by atoms with van der Waals surface area (Å²) in [6, 6.07) is 4.18. The van der Waals surface area contributed by atoms with Gasteiger partial charge in [0.2, 0.25) is 5.91 Å². The van der Waals surface area contributed by atoms with Gasteiger partial charge in [0.25, 0.3) is 0 Å². The number of nitrogens with two attached hydrogens (primary N) is 1.